The van der Waals surface area contributed by atoms with Crippen LogP contribution in [0.1, 0.15) is 25.5 Å². The van der Waals surface area contributed by atoms with E-state index in [1.807, 2.05) is 13.0 Å². The largest absolute Gasteiger partial charge is 0.355 e. The smallest absolute Gasteiger partial charge is 0.253 e. The first kappa shape index (κ1) is 16.5. The van der Waals surface area contributed by atoms with Gasteiger partial charge >= 0.3 is 0 Å². The minimum absolute atomic E-state index is 0.152. The molecule has 1 aromatic carbocycles. The summed E-state index contributed by atoms with van der Waals surface area (Å²) >= 11 is 7.32. The first-order valence-electron chi connectivity index (χ1n) is 7.25. The van der Waals surface area contributed by atoms with Gasteiger partial charge < -0.3 is 15.6 Å². The first-order valence-corrected chi connectivity index (χ1v) is 8.44. The van der Waals surface area contributed by atoms with Crippen molar-refractivity contribution in [2.24, 2.45) is 0 Å². The van der Waals surface area contributed by atoms with E-state index < -0.39 is 0 Å². The molecule has 3 N–H and O–H groups in total. The van der Waals surface area contributed by atoms with Crippen LogP contribution in [0.4, 0.5) is 10.1 Å². The lowest BCUT2D eigenvalue weighted by molar-refractivity contribution is -0.114. The van der Waals surface area contributed by atoms with Crippen molar-refractivity contribution in [3.63, 3.8) is 0 Å². The van der Waals surface area contributed by atoms with E-state index in [0.29, 0.717) is 20.7 Å². The maximum absolute atomic E-state index is 12.3. The van der Waals surface area contributed by atoms with Gasteiger partial charge in [-0.1, -0.05) is 22.9 Å². The number of benzene rings is 1. The minimum Gasteiger partial charge on any atom is -0.355 e. The van der Waals surface area contributed by atoms with Crippen molar-refractivity contribution < 1.29 is 4.79 Å². The Morgan fingerprint density at radius 3 is 2.92 bits per heavy atom. The second-order valence-electron chi connectivity index (χ2n) is 5.36. The van der Waals surface area contributed by atoms with E-state index in [-0.39, 0.29) is 17.5 Å². The van der Waals surface area contributed by atoms with Gasteiger partial charge in [-0.3, -0.25) is 9.59 Å². The molecular weight excluding hydrogens is 348 g/mol. The molecular formula is C16H15ClN4O2S. The summed E-state index contributed by atoms with van der Waals surface area (Å²) in [6.07, 6.45) is 1.57. The third-order valence-electron chi connectivity index (χ3n) is 3.45. The highest BCUT2D eigenvalue weighted by molar-refractivity contribution is 7.19. The van der Waals surface area contributed by atoms with E-state index in [0.717, 1.165) is 10.9 Å². The van der Waals surface area contributed by atoms with Gasteiger partial charge in [-0.05, 0) is 31.2 Å². The monoisotopic (exact) mass is 362 g/mol. The molecule has 0 spiro atoms. The number of pyridine rings is 1. The number of carbonyl (C=O) groups is 1. The zero-order valence-electron chi connectivity index (χ0n) is 13.0. The molecule has 2 aromatic heterocycles. The van der Waals surface area contributed by atoms with E-state index in [2.05, 4.69) is 20.6 Å². The molecule has 6 nitrogen and oxygen atoms in total. The molecule has 0 unspecified atom stereocenters. The van der Waals surface area contributed by atoms with Gasteiger partial charge in [-0.2, -0.15) is 0 Å². The van der Waals surface area contributed by atoms with Gasteiger partial charge in [0, 0.05) is 28.4 Å². The summed E-state index contributed by atoms with van der Waals surface area (Å²) in [4.78, 5) is 30.4. The van der Waals surface area contributed by atoms with Crippen molar-refractivity contribution in [2.45, 2.75) is 19.9 Å². The van der Waals surface area contributed by atoms with E-state index in [9.17, 15) is 9.59 Å². The van der Waals surface area contributed by atoms with Crippen molar-refractivity contribution >= 4 is 49.9 Å². The zero-order valence-corrected chi connectivity index (χ0v) is 14.6. The number of rotatable bonds is 4. The number of nitrogens with one attached hydrogen (secondary N) is 3. The summed E-state index contributed by atoms with van der Waals surface area (Å²) in [5, 5.41) is 8.60. The number of H-pyrrole nitrogens is 1. The lowest BCUT2D eigenvalue weighted by Crippen LogP contribution is -2.19. The number of hydrogen-bond donors (Lipinski definition) is 3. The number of thiazole rings is 1. The summed E-state index contributed by atoms with van der Waals surface area (Å²) in [7, 11) is 0. The van der Waals surface area contributed by atoms with Crippen molar-refractivity contribution in [1.82, 2.24) is 9.97 Å². The highest BCUT2D eigenvalue weighted by atomic mass is 35.5. The quantitative estimate of drug-likeness (QED) is 0.659. The highest BCUT2D eigenvalue weighted by Crippen LogP contribution is 2.27. The van der Waals surface area contributed by atoms with Gasteiger partial charge in [-0.25, -0.2) is 4.98 Å². The number of aromatic amines is 1. The lowest BCUT2D eigenvalue weighted by Gasteiger charge is -2.13. The number of hydrogen-bond acceptors (Lipinski definition) is 5. The zero-order chi connectivity index (χ0) is 17.3. The van der Waals surface area contributed by atoms with Gasteiger partial charge in [0.25, 0.3) is 5.56 Å². The van der Waals surface area contributed by atoms with Crippen LogP contribution in [0, 0.1) is 0 Å². The summed E-state index contributed by atoms with van der Waals surface area (Å²) in [5.74, 6) is -0.152. The first-order chi connectivity index (χ1) is 11.4. The Kier molecular flexibility index (Phi) is 4.55. The molecule has 3 rings (SSSR count). The second-order valence-corrected chi connectivity index (χ2v) is 6.83. The van der Waals surface area contributed by atoms with E-state index in [4.69, 9.17) is 11.6 Å². The van der Waals surface area contributed by atoms with Crippen LogP contribution in [0.25, 0.3) is 10.9 Å². The van der Waals surface area contributed by atoms with Gasteiger partial charge in [0.2, 0.25) is 5.91 Å². The molecule has 0 aliphatic rings. The molecule has 0 fully saturated rings. The Labute approximate surface area is 146 Å². The molecule has 24 heavy (non-hydrogen) atoms. The molecule has 1 atom stereocenters. The Bertz CT molecular complexity index is 966. The number of carbonyl (C=O) groups excluding carboxylic acids is 1. The van der Waals surface area contributed by atoms with Gasteiger partial charge in [-0.15, -0.1) is 0 Å². The standard InChI is InChI=1S/C16H15ClN4O2S/c1-8(19-16-18-7-14(24-16)20-9(2)22)12-6-10-5-11(17)3-4-13(10)21-15(12)23/h3-8H,1-2H3,(H,18,19)(H,20,22)(H,21,23)/t8-/m0/s1. The SMILES string of the molecule is CC(=O)Nc1cnc(N[C@@H](C)c2cc3cc(Cl)ccc3[nH]c2=O)s1. The number of aromatic nitrogens is 2. The number of halogens is 1. The number of fused-ring (bicyclic) bond motifs is 1. The van der Waals surface area contributed by atoms with Crippen LogP contribution in [-0.4, -0.2) is 15.9 Å². The third-order valence-corrected chi connectivity index (χ3v) is 4.53. The predicted octanol–water partition coefficient (Wildman–Crippen LogP) is 3.77. The van der Waals surface area contributed by atoms with Crippen molar-refractivity contribution in [1.29, 1.82) is 0 Å². The average molecular weight is 363 g/mol. The number of anilines is 2. The fourth-order valence-electron chi connectivity index (χ4n) is 2.35. The van der Waals surface area contributed by atoms with Crippen LogP contribution in [0.2, 0.25) is 5.02 Å². The molecule has 0 radical (unpaired) electrons. The number of nitrogens with zero attached hydrogens (tertiary/aromatic N) is 1. The summed E-state index contributed by atoms with van der Waals surface area (Å²) in [6.45, 7) is 3.32. The second kappa shape index (κ2) is 6.62. The molecule has 0 saturated heterocycles. The summed E-state index contributed by atoms with van der Waals surface area (Å²) in [5.41, 5.74) is 1.16. The van der Waals surface area contributed by atoms with Crippen molar-refractivity contribution in [3.05, 3.63) is 51.4 Å². The number of amides is 1. The fraction of sp³-hybridized carbons (Fsp3) is 0.188. The van der Waals surface area contributed by atoms with Gasteiger partial charge in [0.1, 0.15) is 5.00 Å². The predicted molar refractivity (Wildman–Crippen MR) is 98.0 cm³/mol. The molecule has 1 amide bonds. The maximum atomic E-state index is 12.3. The Morgan fingerprint density at radius 1 is 1.38 bits per heavy atom. The molecule has 0 saturated carbocycles. The average Bonchev–Trinajstić information content (AvgIpc) is 2.93. The van der Waals surface area contributed by atoms with Crippen LogP contribution in [0.3, 0.4) is 0 Å². The van der Waals surface area contributed by atoms with Crippen molar-refractivity contribution in [2.75, 3.05) is 10.6 Å². The molecule has 0 bridgehead atoms. The lowest BCUT2D eigenvalue weighted by atomic mass is 10.1. The molecule has 0 aliphatic heterocycles. The Morgan fingerprint density at radius 2 is 2.17 bits per heavy atom. The fourth-order valence-corrected chi connectivity index (χ4v) is 3.38. The molecule has 2 heterocycles. The highest BCUT2D eigenvalue weighted by Gasteiger charge is 2.13. The molecule has 8 heteroatoms. The van der Waals surface area contributed by atoms with Gasteiger partial charge in [0.05, 0.1) is 12.2 Å². The van der Waals surface area contributed by atoms with Crippen molar-refractivity contribution in [3.8, 4) is 0 Å². The topological polar surface area (TPSA) is 86.9 Å². The minimum atomic E-state index is -0.256. The molecule has 0 aliphatic carbocycles. The van der Waals surface area contributed by atoms with Crippen LogP contribution >= 0.6 is 22.9 Å². The Hall–Kier alpha value is -2.38. The summed E-state index contributed by atoms with van der Waals surface area (Å²) < 4.78 is 0. The summed E-state index contributed by atoms with van der Waals surface area (Å²) in [6, 6.07) is 6.89. The maximum Gasteiger partial charge on any atom is 0.253 e. The van der Waals surface area contributed by atoms with E-state index in [1.165, 1.54) is 18.3 Å². The Balaban J connectivity index is 1.86. The van der Waals surface area contributed by atoms with Crippen LogP contribution in [-0.2, 0) is 4.79 Å². The van der Waals surface area contributed by atoms with Crippen LogP contribution in [0.15, 0.2) is 35.3 Å². The van der Waals surface area contributed by atoms with Gasteiger partial charge in [0.15, 0.2) is 5.13 Å². The molecule has 124 valence electrons. The third kappa shape index (κ3) is 3.58. The van der Waals surface area contributed by atoms with E-state index in [1.54, 1.807) is 24.4 Å². The molecule has 3 aromatic rings. The van der Waals surface area contributed by atoms with Crippen LogP contribution in [0.5, 0.6) is 0 Å². The van der Waals surface area contributed by atoms with Crippen LogP contribution < -0.4 is 16.2 Å². The van der Waals surface area contributed by atoms with E-state index >= 15 is 0 Å². The normalized spacial score (nSPS) is 12.1.